The number of rotatable bonds is 1. The Labute approximate surface area is 78.5 Å². The fourth-order valence-electron chi connectivity index (χ4n) is 2.53. The van der Waals surface area contributed by atoms with Gasteiger partial charge in [-0.1, -0.05) is 18.2 Å². The molecule has 1 heterocycles. The predicted octanol–water partition coefficient (Wildman–Crippen LogP) is 2.68. The molecule has 1 nitrogen and oxygen atoms in total. The Balaban J connectivity index is 1.91. The van der Waals surface area contributed by atoms with E-state index in [0.717, 1.165) is 23.4 Å². The molecule has 1 aromatic rings. The van der Waals surface area contributed by atoms with Gasteiger partial charge in [0.15, 0.2) is 0 Å². The number of hydrogen-bond donors (Lipinski definition) is 0. The lowest BCUT2D eigenvalue weighted by molar-refractivity contribution is 0.809. The lowest BCUT2D eigenvalue weighted by atomic mass is 10.1. The van der Waals surface area contributed by atoms with Crippen molar-refractivity contribution in [3.05, 3.63) is 41.7 Å². The fourth-order valence-corrected chi connectivity index (χ4v) is 2.53. The Morgan fingerprint density at radius 1 is 1.38 bits per heavy atom. The van der Waals surface area contributed by atoms with Crippen LogP contribution in [0.1, 0.15) is 23.7 Å². The zero-order valence-electron chi connectivity index (χ0n) is 7.77. The summed E-state index contributed by atoms with van der Waals surface area (Å²) < 4.78 is 0. The van der Waals surface area contributed by atoms with Crippen LogP contribution in [0.2, 0.25) is 0 Å². The summed E-state index contributed by atoms with van der Waals surface area (Å²) in [6, 6.07) is 6.36. The summed E-state index contributed by atoms with van der Waals surface area (Å²) in [5.41, 5.74) is 2.45. The van der Waals surface area contributed by atoms with E-state index in [0.29, 0.717) is 0 Å². The molecule has 0 aromatic carbocycles. The molecule has 1 heteroatoms. The first kappa shape index (κ1) is 7.31. The Kier molecular flexibility index (Phi) is 1.37. The molecular formula is C12H13N. The smallest absolute Gasteiger partial charge is 0.0446 e. The number of hydrogen-bond acceptors (Lipinski definition) is 1. The molecule has 66 valence electrons. The van der Waals surface area contributed by atoms with E-state index in [1.54, 1.807) is 0 Å². The largest absolute Gasteiger partial charge is 0.258 e. The van der Waals surface area contributed by atoms with E-state index in [-0.39, 0.29) is 0 Å². The normalized spacial score (nSPS) is 34.7. The van der Waals surface area contributed by atoms with E-state index in [1.165, 1.54) is 12.1 Å². The first-order valence-electron chi connectivity index (χ1n) is 4.96. The molecule has 3 unspecified atom stereocenters. The third-order valence-electron chi connectivity index (χ3n) is 3.25. The summed E-state index contributed by atoms with van der Waals surface area (Å²) in [6.45, 7) is 2.07. The highest BCUT2D eigenvalue weighted by atomic mass is 14.8. The molecule has 0 saturated heterocycles. The van der Waals surface area contributed by atoms with Gasteiger partial charge in [0.1, 0.15) is 0 Å². The topological polar surface area (TPSA) is 12.9 Å². The third-order valence-corrected chi connectivity index (χ3v) is 3.25. The van der Waals surface area contributed by atoms with Gasteiger partial charge in [0.05, 0.1) is 0 Å². The molecule has 0 amide bonds. The van der Waals surface area contributed by atoms with E-state index < -0.39 is 0 Å². The second kappa shape index (κ2) is 2.44. The molecule has 3 atom stereocenters. The van der Waals surface area contributed by atoms with E-state index in [2.05, 4.69) is 42.3 Å². The molecule has 13 heavy (non-hydrogen) atoms. The first-order valence-corrected chi connectivity index (χ1v) is 4.96. The highest BCUT2D eigenvalue weighted by Crippen LogP contribution is 2.59. The molecule has 1 aromatic heterocycles. The maximum atomic E-state index is 4.58. The lowest BCUT2D eigenvalue weighted by Crippen LogP contribution is -1.91. The van der Waals surface area contributed by atoms with Crippen LogP contribution >= 0.6 is 0 Å². The molecule has 0 spiro atoms. The number of nitrogens with zero attached hydrogens (tertiary/aromatic N) is 1. The average molecular weight is 171 g/mol. The van der Waals surface area contributed by atoms with Crippen molar-refractivity contribution < 1.29 is 0 Å². The van der Waals surface area contributed by atoms with Crippen molar-refractivity contribution in [2.24, 2.45) is 11.8 Å². The minimum atomic E-state index is 0.741. The molecule has 1 fully saturated rings. The van der Waals surface area contributed by atoms with Crippen molar-refractivity contribution in [3.8, 4) is 0 Å². The Morgan fingerprint density at radius 3 is 3.00 bits per heavy atom. The van der Waals surface area contributed by atoms with Crippen LogP contribution in [0, 0.1) is 18.8 Å². The van der Waals surface area contributed by atoms with Gasteiger partial charge in [-0.15, -0.1) is 0 Å². The van der Waals surface area contributed by atoms with Crippen molar-refractivity contribution in [1.82, 2.24) is 4.98 Å². The Morgan fingerprint density at radius 2 is 2.31 bits per heavy atom. The molecule has 2 aliphatic carbocycles. The van der Waals surface area contributed by atoms with Gasteiger partial charge in [0, 0.05) is 17.3 Å². The van der Waals surface area contributed by atoms with E-state index in [1.807, 2.05) is 0 Å². The van der Waals surface area contributed by atoms with E-state index >= 15 is 0 Å². The SMILES string of the molecule is Cc1cccc(C2C3C=CCC32)n1. The molecule has 3 rings (SSSR count). The lowest BCUT2D eigenvalue weighted by Gasteiger charge is -2.00. The molecule has 2 aliphatic rings. The van der Waals surface area contributed by atoms with Gasteiger partial charge in [0.25, 0.3) is 0 Å². The minimum Gasteiger partial charge on any atom is -0.258 e. The number of pyridine rings is 1. The van der Waals surface area contributed by atoms with Crippen molar-refractivity contribution in [1.29, 1.82) is 0 Å². The Bertz CT molecular complexity index is 367. The first-order chi connectivity index (χ1) is 6.36. The van der Waals surface area contributed by atoms with Crippen LogP contribution in [0.15, 0.2) is 30.4 Å². The fraction of sp³-hybridized carbons (Fsp3) is 0.417. The molecule has 1 saturated carbocycles. The van der Waals surface area contributed by atoms with E-state index in [4.69, 9.17) is 0 Å². The van der Waals surface area contributed by atoms with Gasteiger partial charge >= 0.3 is 0 Å². The molecule has 0 N–H and O–H groups in total. The maximum Gasteiger partial charge on any atom is 0.0446 e. The molecule has 0 radical (unpaired) electrons. The maximum absolute atomic E-state index is 4.58. The van der Waals surface area contributed by atoms with Gasteiger partial charge in [0.2, 0.25) is 0 Å². The quantitative estimate of drug-likeness (QED) is 0.592. The highest BCUT2D eigenvalue weighted by Gasteiger charge is 2.51. The predicted molar refractivity (Wildman–Crippen MR) is 52.5 cm³/mol. The standard InChI is InChI=1S/C12H13N/c1-8-4-2-7-11(13-8)12-9-5-3-6-10(9)12/h2-5,7,9-10,12H,6H2,1H3. The van der Waals surface area contributed by atoms with Crippen molar-refractivity contribution >= 4 is 0 Å². The summed E-state index contributed by atoms with van der Waals surface area (Å²) >= 11 is 0. The molecule has 0 aliphatic heterocycles. The van der Waals surface area contributed by atoms with Crippen LogP contribution in [-0.2, 0) is 0 Å². The van der Waals surface area contributed by atoms with Crippen LogP contribution in [0.3, 0.4) is 0 Å². The summed E-state index contributed by atoms with van der Waals surface area (Å²) in [5.74, 6) is 2.44. The second-order valence-corrected chi connectivity index (χ2v) is 4.13. The highest BCUT2D eigenvalue weighted by molar-refractivity contribution is 5.31. The second-order valence-electron chi connectivity index (χ2n) is 4.13. The number of allylic oxidation sites excluding steroid dienone is 2. The summed E-state index contributed by atoms with van der Waals surface area (Å²) in [6.07, 6.45) is 5.94. The van der Waals surface area contributed by atoms with Gasteiger partial charge in [-0.25, -0.2) is 0 Å². The van der Waals surface area contributed by atoms with Gasteiger partial charge in [-0.3, -0.25) is 4.98 Å². The van der Waals surface area contributed by atoms with Gasteiger partial charge in [-0.2, -0.15) is 0 Å². The number of aryl methyl sites for hydroxylation is 1. The van der Waals surface area contributed by atoms with Crippen LogP contribution in [-0.4, -0.2) is 4.98 Å². The summed E-state index contributed by atoms with van der Waals surface area (Å²) in [4.78, 5) is 4.58. The zero-order chi connectivity index (χ0) is 8.84. The molecule has 0 bridgehead atoms. The number of aromatic nitrogens is 1. The van der Waals surface area contributed by atoms with Crippen molar-refractivity contribution in [3.63, 3.8) is 0 Å². The van der Waals surface area contributed by atoms with Crippen LogP contribution < -0.4 is 0 Å². The monoisotopic (exact) mass is 171 g/mol. The average Bonchev–Trinajstić information content (AvgIpc) is 2.61. The third kappa shape index (κ3) is 1.03. The van der Waals surface area contributed by atoms with Crippen LogP contribution in [0.4, 0.5) is 0 Å². The van der Waals surface area contributed by atoms with Crippen molar-refractivity contribution in [2.75, 3.05) is 0 Å². The van der Waals surface area contributed by atoms with Gasteiger partial charge < -0.3 is 0 Å². The van der Waals surface area contributed by atoms with Gasteiger partial charge in [-0.05, 0) is 37.3 Å². The summed E-state index contributed by atoms with van der Waals surface area (Å²) in [5, 5.41) is 0. The van der Waals surface area contributed by atoms with Crippen LogP contribution in [0.25, 0.3) is 0 Å². The Hall–Kier alpha value is -1.11. The number of fused-ring (bicyclic) bond motifs is 1. The van der Waals surface area contributed by atoms with Crippen LogP contribution in [0.5, 0.6) is 0 Å². The van der Waals surface area contributed by atoms with Crippen molar-refractivity contribution in [2.45, 2.75) is 19.3 Å². The minimum absolute atomic E-state index is 0.741. The van der Waals surface area contributed by atoms with E-state index in [9.17, 15) is 0 Å². The summed E-state index contributed by atoms with van der Waals surface area (Å²) in [7, 11) is 0. The zero-order valence-corrected chi connectivity index (χ0v) is 7.77. The molecular weight excluding hydrogens is 158 g/mol.